The van der Waals surface area contributed by atoms with Crippen molar-refractivity contribution in [1.82, 2.24) is 9.97 Å². The van der Waals surface area contributed by atoms with Crippen LogP contribution in [0.4, 0.5) is 0 Å². The first kappa shape index (κ1) is 15.6. The summed E-state index contributed by atoms with van der Waals surface area (Å²) >= 11 is 0. The van der Waals surface area contributed by atoms with Crippen LogP contribution in [-0.4, -0.2) is 9.97 Å². The van der Waals surface area contributed by atoms with E-state index in [0.717, 1.165) is 28.0 Å². The van der Waals surface area contributed by atoms with Gasteiger partial charge in [-0.3, -0.25) is 0 Å². The number of rotatable bonds is 3. The Bertz CT molecular complexity index is 1110. The molecular weight excluding hydrogens is 328 g/mol. The van der Waals surface area contributed by atoms with Crippen molar-refractivity contribution in [3.63, 3.8) is 0 Å². The standard InChI is InChI=1S/C25H18N2/c1-4-10-18(11-5-1)21-16-17-22(19-12-6-2-7-13-19)24-23(21)26-25(27-24)20-14-8-3-9-15-20/h1-17H,(H,26,27). The van der Waals surface area contributed by atoms with E-state index in [1.165, 1.54) is 16.7 Å². The molecule has 0 atom stereocenters. The Kier molecular flexibility index (Phi) is 3.80. The van der Waals surface area contributed by atoms with Crippen molar-refractivity contribution in [2.75, 3.05) is 0 Å². The molecule has 2 heteroatoms. The summed E-state index contributed by atoms with van der Waals surface area (Å²) in [5, 5.41) is 0. The minimum absolute atomic E-state index is 0.895. The topological polar surface area (TPSA) is 28.7 Å². The number of hydrogen-bond donors (Lipinski definition) is 1. The molecule has 1 N–H and O–H groups in total. The zero-order valence-electron chi connectivity index (χ0n) is 14.8. The first-order valence-electron chi connectivity index (χ1n) is 9.09. The van der Waals surface area contributed by atoms with Gasteiger partial charge in [0.25, 0.3) is 0 Å². The minimum atomic E-state index is 0.895. The fourth-order valence-corrected chi connectivity index (χ4v) is 3.53. The average molecular weight is 346 g/mol. The van der Waals surface area contributed by atoms with Crippen LogP contribution in [0.1, 0.15) is 0 Å². The monoisotopic (exact) mass is 346 g/mol. The van der Waals surface area contributed by atoms with Gasteiger partial charge in [-0.2, -0.15) is 0 Å². The average Bonchev–Trinajstić information content (AvgIpc) is 3.20. The highest BCUT2D eigenvalue weighted by Crippen LogP contribution is 2.35. The van der Waals surface area contributed by atoms with Crippen LogP contribution in [0.15, 0.2) is 103 Å². The fourth-order valence-electron chi connectivity index (χ4n) is 3.53. The number of imidazole rings is 1. The number of aromatic amines is 1. The molecule has 0 bridgehead atoms. The van der Waals surface area contributed by atoms with Gasteiger partial charge in [0.15, 0.2) is 0 Å². The van der Waals surface area contributed by atoms with Gasteiger partial charge in [-0.15, -0.1) is 0 Å². The second-order valence-electron chi connectivity index (χ2n) is 6.57. The van der Waals surface area contributed by atoms with E-state index in [1.807, 2.05) is 30.3 Å². The summed E-state index contributed by atoms with van der Waals surface area (Å²) in [4.78, 5) is 8.57. The zero-order chi connectivity index (χ0) is 18.1. The Balaban J connectivity index is 1.80. The molecule has 0 aliphatic carbocycles. The summed E-state index contributed by atoms with van der Waals surface area (Å²) < 4.78 is 0. The van der Waals surface area contributed by atoms with Gasteiger partial charge in [-0.1, -0.05) is 103 Å². The van der Waals surface area contributed by atoms with Gasteiger partial charge in [0.05, 0.1) is 11.0 Å². The quantitative estimate of drug-likeness (QED) is 0.393. The normalized spacial score (nSPS) is 11.0. The number of fused-ring (bicyclic) bond motifs is 1. The number of hydrogen-bond acceptors (Lipinski definition) is 1. The summed E-state index contributed by atoms with van der Waals surface area (Å²) in [6.07, 6.45) is 0. The number of nitrogens with one attached hydrogen (secondary N) is 1. The summed E-state index contributed by atoms with van der Waals surface area (Å²) in [5.41, 5.74) is 7.83. The van der Waals surface area contributed by atoms with Crippen LogP contribution >= 0.6 is 0 Å². The Morgan fingerprint density at radius 3 is 1.56 bits per heavy atom. The predicted octanol–water partition coefficient (Wildman–Crippen LogP) is 6.56. The maximum absolute atomic E-state index is 4.99. The molecule has 0 aliphatic rings. The Hall–Kier alpha value is -3.65. The lowest BCUT2D eigenvalue weighted by Gasteiger charge is -2.07. The van der Waals surface area contributed by atoms with E-state index in [-0.39, 0.29) is 0 Å². The van der Waals surface area contributed by atoms with Gasteiger partial charge in [0.1, 0.15) is 5.82 Å². The molecule has 0 saturated heterocycles. The molecule has 0 unspecified atom stereocenters. The van der Waals surface area contributed by atoms with Crippen LogP contribution in [0.25, 0.3) is 44.7 Å². The Morgan fingerprint density at radius 2 is 0.963 bits per heavy atom. The van der Waals surface area contributed by atoms with Crippen LogP contribution in [0.2, 0.25) is 0 Å². The van der Waals surface area contributed by atoms with Crippen LogP contribution in [-0.2, 0) is 0 Å². The van der Waals surface area contributed by atoms with Crippen molar-refractivity contribution in [1.29, 1.82) is 0 Å². The van der Waals surface area contributed by atoms with Crippen molar-refractivity contribution < 1.29 is 0 Å². The number of aromatic nitrogens is 2. The Labute approximate surface area is 158 Å². The maximum atomic E-state index is 4.99. The third-order valence-corrected chi connectivity index (χ3v) is 4.86. The van der Waals surface area contributed by atoms with Gasteiger partial charge < -0.3 is 4.98 Å². The molecule has 128 valence electrons. The molecule has 4 aromatic carbocycles. The van der Waals surface area contributed by atoms with E-state index < -0.39 is 0 Å². The molecule has 0 radical (unpaired) electrons. The molecular formula is C25H18N2. The number of nitrogens with zero attached hydrogens (tertiary/aromatic N) is 1. The van der Waals surface area contributed by atoms with Gasteiger partial charge in [0.2, 0.25) is 0 Å². The molecule has 2 nitrogen and oxygen atoms in total. The van der Waals surface area contributed by atoms with E-state index in [2.05, 4.69) is 77.8 Å². The minimum Gasteiger partial charge on any atom is -0.337 e. The van der Waals surface area contributed by atoms with Gasteiger partial charge in [0, 0.05) is 16.7 Å². The highest BCUT2D eigenvalue weighted by Gasteiger charge is 2.14. The second-order valence-corrected chi connectivity index (χ2v) is 6.57. The molecule has 0 spiro atoms. The first-order valence-corrected chi connectivity index (χ1v) is 9.09. The fraction of sp³-hybridized carbons (Fsp3) is 0. The zero-order valence-corrected chi connectivity index (χ0v) is 14.8. The van der Waals surface area contributed by atoms with Crippen LogP contribution in [0, 0.1) is 0 Å². The number of benzene rings is 4. The van der Waals surface area contributed by atoms with Crippen molar-refractivity contribution >= 4 is 11.0 Å². The summed E-state index contributed by atoms with van der Waals surface area (Å²) in [7, 11) is 0. The highest BCUT2D eigenvalue weighted by molar-refractivity contribution is 6.02. The molecule has 5 aromatic rings. The van der Waals surface area contributed by atoms with Crippen molar-refractivity contribution in [2.45, 2.75) is 0 Å². The lowest BCUT2D eigenvalue weighted by atomic mass is 9.98. The van der Waals surface area contributed by atoms with Gasteiger partial charge >= 0.3 is 0 Å². The summed E-state index contributed by atoms with van der Waals surface area (Å²) in [6, 6.07) is 35.5. The predicted molar refractivity (Wildman–Crippen MR) is 112 cm³/mol. The van der Waals surface area contributed by atoms with Crippen molar-refractivity contribution in [3.8, 4) is 33.6 Å². The van der Waals surface area contributed by atoms with Crippen LogP contribution < -0.4 is 0 Å². The van der Waals surface area contributed by atoms with Gasteiger partial charge in [-0.05, 0) is 11.1 Å². The Morgan fingerprint density at radius 1 is 0.481 bits per heavy atom. The van der Waals surface area contributed by atoms with E-state index in [0.29, 0.717) is 0 Å². The van der Waals surface area contributed by atoms with Crippen LogP contribution in [0.5, 0.6) is 0 Å². The maximum Gasteiger partial charge on any atom is 0.138 e. The molecule has 5 rings (SSSR count). The lowest BCUT2D eigenvalue weighted by Crippen LogP contribution is -1.85. The van der Waals surface area contributed by atoms with E-state index in [9.17, 15) is 0 Å². The number of H-pyrrole nitrogens is 1. The third-order valence-electron chi connectivity index (χ3n) is 4.86. The molecule has 1 heterocycles. The first-order chi connectivity index (χ1) is 13.4. The van der Waals surface area contributed by atoms with Gasteiger partial charge in [-0.25, -0.2) is 4.98 Å². The third kappa shape index (κ3) is 2.81. The smallest absolute Gasteiger partial charge is 0.138 e. The van der Waals surface area contributed by atoms with Crippen LogP contribution in [0.3, 0.4) is 0 Å². The lowest BCUT2D eigenvalue weighted by molar-refractivity contribution is 1.34. The largest absolute Gasteiger partial charge is 0.337 e. The summed E-state index contributed by atoms with van der Waals surface area (Å²) in [5.74, 6) is 0.895. The molecule has 0 aliphatic heterocycles. The van der Waals surface area contributed by atoms with Crippen molar-refractivity contribution in [3.05, 3.63) is 103 Å². The molecule has 27 heavy (non-hydrogen) atoms. The summed E-state index contributed by atoms with van der Waals surface area (Å²) in [6.45, 7) is 0. The highest BCUT2D eigenvalue weighted by atomic mass is 14.9. The van der Waals surface area contributed by atoms with E-state index in [1.54, 1.807) is 0 Å². The van der Waals surface area contributed by atoms with E-state index >= 15 is 0 Å². The molecule has 0 saturated carbocycles. The molecule has 1 aromatic heterocycles. The molecule has 0 fully saturated rings. The van der Waals surface area contributed by atoms with E-state index in [4.69, 9.17) is 4.98 Å². The SMILES string of the molecule is c1ccc(-c2nc3c(-c4ccccc4)ccc(-c4ccccc4)c3[nH]2)cc1. The van der Waals surface area contributed by atoms with Crippen molar-refractivity contribution in [2.24, 2.45) is 0 Å². The second kappa shape index (κ2) is 6.58. The molecule has 0 amide bonds.